The Hall–Kier alpha value is 0.516. The third kappa shape index (κ3) is 54.8. The molecule has 1 radical (unpaired) electrons. The molecule has 0 aliphatic heterocycles. The van der Waals surface area contributed by atoms with Crippen LogP contribution in [0.2, 0.25) is 0 Å². The predicted octanol–water partition coefficient (Wildman–Crippen LogP) is -1.75. The van der Waals surface area contributed by atoms with Crippen molar-refractivity contribution in [3.8, 4) is 0 Å². The monoisotopic (exact) mass is 494 g/mol. The van der Waals surface area contributed by atoms with E-state index in [1.54, 1.807) is 27.7 Å². The van der Waals surface area contributed by atoms with Gasteiger partial charge in [-0.2, -0.15) is 0 Å². The van der Waals surface area contributed by atoms with Gasteiger partial charge in [0.15, 0.2) is 0 Å². The third-order valence-electron chi connectivity index (χ3n) is 1.40. The first-order valence-corrected chi connectivity index (χ1v) is 6.37. The van der Waals surface area contributed by atoms with E-state index in [0.717, 1.165) is 0 Å². The molecule has 0 aromatic carbocycles. The molecule has 0 saturated carbocycles. The van der Waals surface area contributed by atoms with Gasteiger partial charge in [-0.15, -0.1) is 0 Å². The molecule has 10 heteroatoms. The summed E-state index contributed by atoms with van der Waals surface area (Å²) in [5.74, 6) is 0. The van der Waals surface area contributed by atoms with Crippen molar-refractivity contribution in [1.29, 1.82) is 0 Å². The van der Waals surface area contributed by atoms with Crippen molar-refractivity contribution < 1.29 is 72.8 Å². The van der Waals surface area contributed by atoms with Crippen LogP contribution in [0.1, 0.15) is 27.7 Å². The van der Waals surface area contributed by atoms with Crippen LogP contribution in [0, 0.1) is 0 Å². The Balaban J connectivity index is -0.0000000290. The van der Waals surface area contributed by atoms with E-state index in [1.165, 1.54) is 0 Å². The summed E-state index contributed by atoms with van der Waals surface area (Å²) in [6.07, 6.45) is -2.37. The molecule has 0 fully saturated rings. The maximum absolute atomic E-state index is 8.51. The summed E-state index contributed by atoms with van der Waals surface area (Å²) >= 11 is -2.08. The van der Waals surface area contributed by atoms with Crippen molar-refractivity contribution in [2.24, 2.45) is 0 Å². The number of hydrogen-bond acceptors (Lipinski definition) is 7. The zero-order valence-electron chi connectivity index (χ0n) is 10.6. The Kier molecular flexibility index (Phi) is 52.7. The van der Waals surface area contributed by atoms with Crippen LogP contribution in [-0.2, 0) is 41.5 Å². The van der Waals surface area contributed by atoms with Gasteiger partial charge in [0.05, 0.1) is 24.4 Å². The number of aliphatic hydroxyl groups is 4. The molecular weight excluding hydrogens is 469 g/mol. The Bertz CT molecular complexity index is 135. The molecule has 0 heterocycles. The summed E-state index contributed by atoms with van der Waals surface area (Å²) in [4.78, 5) is 0. The minimum atomic E-state index is -2.08. The minimum absolute atomic E-state index is 0. The Morgan fingerprint density at radius 3 is 0.778 bits per heavy atom. The van der Waals surface area contributed by atoms with Gasteiger partial charge >= 0.3 is 24.4 Å². The van der Waals surface area contributed by atoms with E-state index in [9.17, 15) is 0 Å². The average Bonchev–Trinajstić information content (AvgIpc) is 2.06. The van der Waals surface area contributed by atoms with Crippen LogP contribution in [0.3, 0.4) is 0 Å². The van der Waals surface area contributed by atoms with Crippen LogP contribution >= 0.6 is 0 Å². The molecule has 4 unspecified atom stereocenters. The molecule has 0 aliphatic carbocycles. The van der Waals surface area contributed by atoms with Gasteiger partial charge in [0.2, 0.25) is 0 Å². The molecule has 0 aliphatic rings. The Morgan fingerprint density at radius 2 is 0.778 bits per heavy atom. The summed E-state index contributed by atoms with van der Waals surface area (Å²) in [5, 5.41) is 33.5. The van der Waals surface area contributed by atoms with Gasteiger partial charge in [0.1, 0.15) is 0 Å². The van der Waals surface area contributed by atoms with Gasteiger partial charge in [-0.3, -0.25) is 0 Å². The van der Waals surface area contributed by atoms with Crippen LogP contribution in [0.5, 0.6) is 0 Å². The molecule has 18 heavy (non-hydrogen) atoms. The zero-order chi connectivity index (χ0) is 13.0. The molecular formula is C8H23MnO8Os-. The fourth-order valence-corrected chi connectivity index (χ4v) is 0. The van der Waals surface area contributed by atoms with Gasteiger partial charge in [0.25, 0.3) is 0 Å². The van der Waals surface area contributed by atoms with Gasteiger partial charge in [-0.05, 0) is 27.7 Å². The summed E-state index contributed by atoms with van der Waals surface area (Å²) in [6, 6.07) is 0. The molecule has 119 valence electrons. The summed E-state index contributed by atoms with van der Waals surface area (Å²) in [5.41, 5.74) is 0. The SMILES string of the molecule is CC(O)C(C)O.CC(O)C(C)O.O.[Mn].[OH-].[O]=[Os]=[O]. The third-order valence-corrected chi connectivity index (χ3v) is 1.40. The molecule has 0 bridgehead atoms. The molecule has 0 rings (SSSR count). The van der Waals surface area contributed by atoms with Crippen molar-refractivity contribution in [3.63, 3.8) is 0 Å². The van der Waals surface area contributed by atoms with E-state index in [2.05, 4.69) is 0 Å². The van der Waals surface area contributed by atoms with E-state index in [0.29, 0.717) is 0 Å². The van der Waals surface area contributed by atoms with E-state index in [1.807, 2.05) is 0 Å². The quantitative estimate of drug-likeness (QED) is 0.330. The van der Waals surface area contributed by atoms with Crippen LogP contribution in [-0.4, -0.2) is 55.8 Å². The van der Waals surface area contributed by atoms with Crippen molar-refractivity contribution in [1.82, 2.24) is 0 Å². The second kappa shape index (κ2) is 26.2. The molecule has 0 aromatic heterocycles. The first kappa shape index (κ1) is 36.3. The first-order valence-electron chi connectivity index (χ1n) is 4.30. The Morgan fingerprint density at radius 1 is 0.722 bits per heavy atom. The van der Waals surface area contributed by atoms with Crippen molar-refractivity contribution >= 4 is 0 Å². The molecule has 0 aromatic rings. The van der Waals surface area contributed by atoms with Crippen LogP contribution in [0.4, 0.5) is 0 Å². The van der Waals surface area contributed by atoms with E-state index in [-0.39, 0.29) is 28.0 Å². The van der Waals surface area contributed by atoms with E-state index < -0.39 is 41.7 Å². The number of hydrogen-bond donors (Lipinski definition) is 4. The van der Waals surface area contributed by atoms with Crippen molar-refractivity contribution in [2.75, 3.05) is 0 Å². The maximum atomic E-state index is 8.51. The van der Waals surface area contributed by atoms with Gasteiger partial charge in [-0.1, -0.05) is 0 Å². The van der Waals surface area contributed by atoms with Crippen LogP contribution in [0.25, 0.3) is 0 Å². The number of aliphatic hydroxyl groups excluding tert-OH is 4. The van der Waals surface area contributed by atoms with Crippen molar-refractivity contribution in [2.45, 2.75) is 52.1 Å². The van der Waals surface area contributed by atoms with E-state index in [4.69, 9.17) is 27.5 Å². The summed E-state index contributed by atoms with van der Waals surface area (Å²) in [7, 11) is 0. The molecule has 0 saturated heterocycles. The Labute approximate surface area is 125 Å². The van der Waals surface area contributed by atoms with Gasteiger partial charge in [-0.25, -0.2) is 0 Å². The normalized spacial score (nSPS) is 14.2. The van der Waals surface area contributed by atoms with Crippen LogP contribution in [0.15, 0.2) is 0 Å². The second-order valence-corrected chi connectivity index (χ2v) is 3.44. The standard InChI is InChI=1S/2C4H10O2.Mn.2H2O.2O.Os/c2*1-3(5)4(2)6;;;;;;/h2*3-6H,1-2H3;;2*1H2;;;/p-1. The number of rotatable bonds is 2. The summed E-state index contributed by atoms with van der Waals surface area (Å²) < 4.78 is 17.0. The van der Waals surface area contributed by atoms with Gasteiger partial charge in [0, 0.05) is 17.1 Å². The fourth-order valence-electron chi connectivity index (χ4n) is 0. The molecule has 0 spiro atoms. The molecule has 4 atom stereocenters. The molecule has 0 amide bonds. The molecule has 7 N–H and O–H groups in total. The summed E-state index contributed by atoms with van der Waals surface area (Å²) in [6.45, 7) is 6.19. The predicted molar refractivity (Wildman–Crippen MR) is 53.6 cm³/mol. The van der Waals surface area contributed by atoms with Crippen molar-refractivity contribution in [3.05, 3.63) is 0 Å². The zero-order valence-corrected chi connectivity index (χ0v) is 14.3. The fraction of sp³-hybridized carbons (Fsp3) is 1.00. The first-order chi connectivity index (χ1) is 6.70. The van der Waals surface area contributed by atoms with Crippen LogP contribution < -0.4 is 0 Å². The average molecular weight is 492 g/mol. The van der Waals surface area contributed by atoms with Gasteiger partial charge < -0.3 is 31.4 Å². The molecule has 8 nitrogen and oxygen atoms in total. The van der Waals surface area contributed by atoms with E-state index >= 15 is 0 Å². The topological polar surface area (TPSA) is 177 Å². The second-order valence-electron chi connectivity index (χ2n) is 3.02.